The van der Waals surface area contributed by atoms with Gasteiger partial charge in [0.15, 0.2) is 0 Å². The van der Waals surface area contributed by atoms with Gasteiger partial charge >= 0.3 is 0 Å². The molecule has 0 aromatic heterocycles. The van der Waals surface area contributed by atoms with E-state index >= 15 is 0 Å². The third-order valence-corrected chi connectivity index (χ3v) is 6.30. The van der Waals surface area contributed by atoms with Gasteiger partial charge < -0.3 is 9.47 Å². The van der Waals surface area contributed by atoms with Crippen LogP contribution in [0.1, 0.15) is 11.1 Å². The number of benzene rings is 2. The van der Waals surface area contributed by atoms with Crippen molar-refractivity contribution in [2.75, 3.05) is 33.4 Å². The molecule has 1 fully saturated rings. The van der Waals surface area contributed by atoms with Crippen molar-refractivity contribution < 1.29 is 17.9 Å². The molecule has 6 nitrogen and oxygen atoms in total. The average molecular weight is 455 g/mol. The van der Waals surface area contributed by atoms with E-state index in [0.29, 0.717) is 10.2 Å². The number of sulfonamides is 1. The maximum atomic E-state index is 12.7. The normalized spacial score (nSPS) is 15.6. The van der Waals surface area contributed by atoms with Crippen molar-refractivity contribution in [3.8, 4) is 5.75 Å². The highest BCUT2D eigenvalue weighted by atomic mass is 79.9. The average Bonchev–Trinajstić information content (AvgIpc) is 2.67. The molecule has 1 heterocycles. The molecule has 0 radical (unpaired) electrons. The molecule has 27 heavy (non-hydrogen) atoms. The van der Waals surface area contributed by atoms with Crippen LogP contribution in [0.4, 0.5) is 0 Å². The summed E-state index contributed by atoms with van der Waals surface area (Å²) >= 11 is 3.31. The predicted molar refractivity (Wildman–Crippen MR) is 107 cm³/mol. The van der Waals surface area contributed by atoms with E-state index in [4.69, 9.17) is 9.47 Å². The summed E-state index contributed by atoms with van der Waals surface area (Å²) < 4.78 is 39.3. The zero-order chi connectivity index (χ0) is 19.3. The van der Waals surface area contributed by atoms with E-state index in [1.165, 1.54) is 13.2 Å². The summed E-state index contributed by atoms with van der Waals surface area (Å²) in [5.74, 6) is 0.312. The number of ether oxygens (including phenoxy) is 2. The standard InChI is InChI=1S/C19H23BrN2O4S/c1-25-18-6-5-17(20)12-19(18)27(23,24)21-13-15-3-2-4-16(11-15)14-22-7-9-26-10-8-22/h2-6,11-12,21H,7-10,13-14H2,1H3. The number of hydrogen-bond donors (Lipinski definition) is 1. The van der Waals surface area contributed by atoms with Gasteiger partial charge in [0, 0.05) is 30.7 Å². The Balaban J connectivity index is 1.69. The first kappa shape index (κ1) is 20.3. The van der Waals surface area contributed by atoms with Crippen molar-refractivity contribution >= 4 is 26.0 Å². The Morgan fingerprint density at radius 3 is 2.63 bits per heavy atom. The Kier molecular flexibility index (Phi) is 6.88. The number of halogens is 1. The maximum absolute atomic E-state index is 12.7. The molecule has 0 atom stereocenters. The third kappa shape index (κ3) is 5.52. The van der Waals surface area contributed by atoms with Crippen molar-refractivity contribution in [1.29, 1.82) is 0 Å². The van der Waals surface area contributed by atoms with Crippen LogP contribution in [0.5, 0.6) is 5.75 Å². The van der Waals surface area contributed by atoms with Gasteiger partial charge in [-0.15, -0.1) is 0 Å². The molecule has 0 bridgehead atoms. The molecule has 1 aliphatic heterocycles. The number of methoxy groups -OCH3 is 1. The number of rotatable bonds is 7. The molecule has 2 aromatic rings. The van der Waals surface area contributed by atoms with E-state index in [1.807, 2.05) is 18.2 Å². The largest absolute Gasteiger partial charge is 0.495 e. The minimum absolute atomic E-state index is 0.115. The van der Waals surface area contributed by atoms with Gasteiger partial charge in [0.25, 0.3) is 0 Å². The molecule has 0 amide bonds. The van der Waals surface area contributed by atoms with Crippen molar-refractivity contribution in [1.82, 2.24) is 9.62 Å². The molecule has 2 aromatic carbocycles. The Hall–Kier alpha value is -1.45. The summed E-state index contributed by atoms with van der Waals surface area (Å²) in [4.78, 5) is 2.45. The zero-order valence-corrected chi connectivity index (χ0v) is 17.6. The lowest BCUT2D eigenvalue weighted by Gasteiger charge is -2.26. The molecule has 0 unspecified atom stereocenters. The van der Waals surface area contributed by atoms with Crippen LogP contribution in [0.2, 0.25) is 0 Å². The molecule has 1 aliphatic rings. The van der Waals surface area contributed by atoms with Gasteiger partial charge in [-0.2, -0.15) is 0 Å². The molecule has 0 spiro atoms. The third-order valence-electron chi connectivity index (χ3n) is 4.38. The Bertz CT molecular complexity index is 883. The summed E-state index contributed by atoms with van der Waals surface area (Å²) in [6.45, 7) is 4.40. The van der Waals surface area contributed by atoms with E-state index < -0.39 is 10.0 Å². The monoisotopic (exact) mass is 454 g/mol. The zero-order valence-electron chi connectivity index (χ0n) is 15.2. The number of nitrogens with one attached hydrogen (secondary N) is 1. The second-order valence-electron chi connectivity index (χ2n) is 6.33. The molecule has 0 aliphatic carbocycles. The lowest BCUT2D eigenvalue weighted by atomic mass is 10.1. The van der Waals surface area contributed by atoms with Gasteiger partial charge in [0.2, 0.25) is 10.0 Å². The Morgan fingerprint density at radius 1 is 1.15 bits per heavy atom. The van der Waals surface area contributed by atoms with Gasteiger partial charge in [-0.1, -0.05) is 40.2 Å². The molecular formula is C19H23BrN2O4S. The fourth-order valence-electron chi connectivity index (χ4n) is 2.97. The van der Waals surface area contributed by atoms with E-state index in [2.05, 4.69) is 31.6 Å². The van der Waals surface area contributed by atoms with Crippen molar-refractivity contribution in [3.63, 3.8) is 0 Å². The van der Waals surface area contributed by atoms with Gasteiger partial charge in [0.1, 0.15) is 10.6 Å². The van der Waals surface area contributed by atoms with Crippen LogP contribution in [0.15, 0.2) is 51.8 Å². The fraction of sp³-hybridized carbons (Fsp3) is 0.368. The summed E-state index contributed by atoms with van der Waals surface area (Å²) in [5, 5.41) is 0. The van der Waals surface area contributed by atoms with Gasteiger partial charge in [-0.3, -0.25) is 4.90 Å². The number of hydrogen-bond acceptors (Lipinski definition) is 5. The van der Waals surface area contributed by atoms with Crippen LogP contribution < -0.4 is 9.46 Å². The summed E-state index contributed by atoms with van der Waals surface area (Å²) in [5.41, 5.74) is 2.08. The molecule has 8 heteroatoms. The summed E-state index contributed by atoms with van der Waals surface area (Å²) in [6.07, 6.45) is 0. The van der Waals surface area contributed by atoms with Crippen LogP contribution >= 0.6 is 15.9 Å². The fourth-order valence-corrected chi connectivity index (χ4v) is 4.70. The first-order valence-electron chi connectivity index (χ1n) is 8.69. The molecule has 0 saturated carbocycles. The van der Waals surface area contributed by atoms with Crippen molar-refractivity contribution in [3.05, 3.63) is 58.1 Å². The number of nitrogens with zero attached hydrogens (tertiary/aromatic N) is 1. The molecule has 146 valence electrons. The molecule has 1 N–H and O–H groups in total. The minimum Gasteiger partial charge on any atom is -0.495 e. The smallest absolute Gasteiger partial charge is 0.244 e. The van der Waals surface area contributed by atoms with Crippen LogP contribution in [0.3, 0.4) is 0 Å². The van der Waals surface area contributed by atoms with Crippen LogP contribution in [0.25, 0.3) is 0 Å². The summed E-state index contributed by atoms with van der Waals surface area (Å²) in [6, 6.07) is 12.9. The topological polar surface area (TPSA) is 67.9 Å². The first-order valence-corrected chi connectivity index (χ1v) is 11.0. The highest BCUT2D eigenvalue weighted by Crippen LogP contribution is 2.27. The quantitative estimate of drug-likeness (QED) is 0.696. The molecule has 3 rings (SSSR count). The van der Waals surface area contributed by atoms with Gasteiger partial charge in [-0.25, -0.2) is 13.1 Å². The van der Waals surface area contributed by atoms with Gasteiger partial charge in [-0.05, 0) is 29.3 Å². The van der Waals surface area contributed by atoms with Crippen molar-refractivity contribution in [2.24, 2.45) is 0 Å². The second kappa shape index (κ2) is 9.16. The Labute approximate surface area is 168 Å². The lowest BCUT2D eigenvalue weighted by Crippen LogP contribution is -2.35. The highest BCUT2D eigenvalue weighted by molar-refractivity contribution is 9.10. The van der Waals surface area contributed by atoms with Crippen LogP contribution in [0, 0.1) is 0 Å². The van der Waals surface area contributed by atoms with E-state index in [1.54, 1.807) is 12.1 Å². The minimum atomic E-state index is -3.70. The van der Waals surface area contributed by atoms with E-state index in [0.717, 1.165) is 44.0 Å². The number of morpholine rings is 1. The van der Waals surface area contributed by atoms with E-state index in [-0.39, 0.29) is 11.4 Å². The van der Waals surface area contributed by atoms with E-state index in [9.17, 15) is 8.42 Å². The SMILES string of the molecule is COc1ccc(Br)cc1S(=O)(=O)NCc1cccc(CN2CCOCC2)c1. The highest BCUT2D eigenvalue weighted by Gasteiger charge is 2.20. The first-order chi connectivity index (χ1) is 13.0. The summed E-state index contributed by atoms with van der Waals surface area (Å²) in [7, 11) is -2.24. The van der Waals surface area contributed by atoms with Crippen LogP contribution in [-0.2, 0) is 27.8 Å². The molecular weight excluding hydrogens is 432 g/mol. The predicted octanol–water partition coefficient (Wildman–Crippen LogP) is 2.77. The lowest BCUT2D eigenvalue weighted by molar-refractivity contribution is 0.0342. The second-order valence-corrected chi connectivity index (χ2v) is 8.98. The van der Waals surface area contributed by atoms with Crippen LogP contribution in [-0.4, -0.2) is 46.7 Å². The van der Waals surface area contributed by atoms with Gasteiger partial charge in [0.05, 0.1) is 20.3 Å². The maximum Gasteiger partial charge on any atom is 0.244 e. The molecule has 1 saturated heterocycles. The Morgan fingerprint density at radius 2 is 1.89 bits per heavy atom. The van der Waals surface area contributed by atoms with Crippen molar-refractivity contribution in [2.45, 2.75) is 18.0 Å².